The minimum Gasteiger partial charge on any atom is -0.378 e. The van der Waals surface area contributed by atoms with Gasteiger partial charge in [-0.25, -0.2) is 0 Å². The van der Waals surface area contributed by atoms with Crippen LogP contribution in [0.15, 0.2) is 18.2 Å². The number of rotatable bonds is 1. The van der Waals surface area contributed by atoms with Gasteiger partial charge in [0, 0.05) is 24.2 Å². The fourth-order valence-electron chi connectivity index (χ4n) is 2.06. The van der Waals surface area contributed by atoms with Crippen molar-refractivity contribution in [1.82, 2.24) is 4.90 Å². The number of thiol groups is 1. The number of aryl methyl sites for hydroxylation is 1. The van der Waals surface area contributed by atoms with E-state index in [1.54, 1.807) is 0 Å². The van der Waals surface area contributed by atoms with E-state index in [0.717, 1.165) is 16.7 Å². The quantitative estimate of drug-likeness (QED) is 0.625. The summed E-state index contributed by atoms with van der Waals surface area (Å²) in [5.41, 5.74) is 2.63. The van der Waals surface area contributed by atoms with E-state index in [2.05, 4.69) is 24.5 Å². The van der Waals surface area contributed by atoms with Crippen LogP contribution in [0.5, 0.6) is 0 Å². The van der Waals surface area contributed by atoms with Crippen LogP contribution in [0, 0.1) is 18.8 Å². The maximum Gasteiger partial charge on any atom is 0.254 e. The third kappa shape index (κ3) is 3.52. The van der Waals surface area contributed by atoms with Crippen LogP contribution in [0.2, 0.25) is 0 Å². The number of carbonyl (C=O) groups excluding carboxylic acids is 1. The molecule has 1 aliphatic heterocycles. The summed E-state index contributed by atoms with van der Waals surface area (Å²) < 4.78 is 5.26. The number of nitrogens with zero attached hydrogens (tertiary/aromatic N) is 1. The van der Waals surface area contributed by atoms with Crippen molar-refractivity contribution >= 4 is 18.5 Å². The molecule has 0 saturated carbocycles. The number of hydrogen-bond acceptors (Lipinski definition) is 3. The maximum absolute atomic E-state index is 12.4. The van der Waals surface area contributed by atoms with Crippen LogP contribution in [0.4, 0.5) is 0 Å². The zero-order chi connectivity index (χ0) is 13.7. The largest absolute Gasteiger partial charge is 0.378 e. The second-order valence-electron chi connectivity index (χ2n) is 4.39. The molecule has 3 nitrogen and oxygen atoms in total. The first-order chi connectivity index (χ1) is 9.22. The van der Waals surface area contributed by atoms with Gasteiger partial charge in [0.1, 0.15) is 0 Å². The van der Waals surface area contributed by atoms with E-state index in [0.29, 0.717) is 32.1 Å². The predicted octanol–water partition coefficient (Wildman–Crippen LogP) is 1.75. The van der Waals surface area contributed by atoms with Gasteiger partial charge in [-0.1, -0.05) is 11.8 Å². The molecule has 0 radical (unpaired) electrons. The molecular formula is C15H17NO2S. The molecule has 0 unspecified atom stereocenters. The summed E-state index contributed by atoms with van der Waals surface area (Å²) in [6.07, 6.45) is 0. The van der Waals surface area contributed by atoms with Gasteiger partial charge in [-0.15, -0.1) is 0 Å². The second kappa shape index (κ2) is 6.65. The van der Waals surface area contributed by atoms with E-state index in [4.69, 9.17) is 4.74 Å². The molecule has 1 fully saturated rings. The molecule has 1 aliphatic rings. The van der Waals surface area contributed by atoms with Crippen LogP contribution in [0.1, 0.15) is 21.5 Å². The summed E-state index contributed by atoms with van der Waals surface area (Å²) in [5.74, 6) is 6.53. The van der Waals surface area contributed by atoms with Gasteiger partial charge in [-0.05, 0) is 30.7 Å². The Morgan fingerprint density at radius 3 is 2.79 bits per heavy atom. The Kier molecular flexibility index (Phi) is 4.89. The number of benzene rings is 1. The highest BCUT2D eigenvalue weighted by atomic mass is 32.1. The Morgan fingerprint density at radius 2 is 2.16 bits per heavy atom. The molecule has 1 heterocycles. The molecule has 1 aromatic rings. The molecule has 1 aromatic carbocycles. The van der Waals surface area contributed by atoms with Crippen LogP contribution in [0.25, 0.3) is 0 Å². The Balaban J connectivity index is 2.18. The summed E-state index contributed by atoms with van der Waals surface area (Å²) in [7, 11) is 0. The topological polar surface area (TPSA) is 29.5 Å². The third-order valence-electron chi connectivity index (χ3n) is 3.07. The highest BCUT2D eigenvalue weighted by molar-refractivity contribution is 7.80. The lowest BCUT2D eigenvalue weighted by Gasteiger charge is -2.27. The predicted molar refractivity (Wildman–Crippen MR) is 78.6 cm³/mol. The summed E-state index contributed by atoms with van der Waals surface area (Å²) in [6.45, 7) is 4.52. The van der Waals surface area contributed by atoms with Gasteiger partial charge in [0.2, 0.25) is 0 Å². The molecule has 0 N–H and O–H groups in total. The Hall–Kier alpha value is -1.44. The number of hydrogen-bond donors (Lipinski definition) is 1. The molecular weight excluding hydrogens is 258 g/mol. The Labute approximate surface area is 119 Å². The molecule has 19 heavy (non-hydrogen) atoms. The van der Waals surface area contributed by atoms with E-state index in [9.17, 15) is 4.79 Å². The summed E-state index contributed by atoms with van der Waals surface area (Å²) >= 11 is 4.05. The van der Waals surface area contributed by atoms with Crippen molar-refractivity contribution in [1.29, 1.82) is 0 Å². The van der Waals surface area contributed by atoms with Gasteiger partial charge in [0.05, 0.1) is 19.0 Å². The normalized spacial score (nSPS) is 14.7. The summed E-state index contributed by atoms with van der Waals surface area (Å²) in [5, 5.41) is 0. The minimum absolute atomic E-state index is 0.0782. The first-order valence-corrected chi connectivity index (χ1v) is 6.93. The molecule has 0 spiro atoms. The Morgan fingerprint density at radius 1 is 1.42 bits per heavy atom. The van der Waals surface area contributed by atoms with E-state index in [-0.39, 0.29) is 5.91 Å². The summed E-state index contributed by atoms with van der Waals surface area (Å²) in [6, 6.07) is 5.69. The number of ether oxygens (including phenoxy) is 1. The van der Waals surface area contributed by atoms with Crippen molar-refractivity contribution in [2.24, 2.45) is 0 Å². The highest BCUT2D eigenvalue weighted by Gasteiger charge is 2.19. The average molecular weight is 275 g/mol. The van der Waals surface area contributed by atoms with Gasteiger partial charge in [0.15, 0.2) is 0 Å². The molecule has 1 saturated heterocycles. The van der Waals surface area contributed by atoms with Crippen molar-refractivity contribution in [2.45, 2.75) is 6.92 Å². The van der Waals surface area contributed by atoms with Gasteiger partial charge < -0.3 is 9.64 Å². The monoisotopic (exact) mass is 275 g/mol. The first kappa shape index (κ1) is 14.0. The zero-order valence-electron chi connectivity index (χ0n) is 11.0. The molecule has 0 bridgehead atoms. The van der Waals surface area contributed by atoms with Gasteiger partial charge >= 0.3 is 0 Å². The van der Waals surface area contributed by atoms with E-state index < -0.39 is 0 Å². The Bertz CT molecular complexity index is 525. The van der Waals surface area contributed by atoms with Crippen LogP contribution in [-0.4, -0.2) is 42.9 Å². The molecule has 100 valence electrons. The lowest BCUT2D eigenvalue weighted by molar-refractivity contribution is 0.0302. The van der Waals surface area contributed by atoms with Crippen molar-refractivity contribution in [3.8, 4) is 11.8 Å². The standard InChI is InChI=1S/C15H17NO2S/c1-12-11-13(3-2-10-19)4-5-14(12)15(17)16-6-8-18-9-7-16/h4-5,11,19H,6-10H2,1H3. The molecule has 0 atom stereocenters. The fraction of sp³-hybridized carbons (Fsp3) is 0.400. The lowest BCUT2D eigenvalue weighted by atomic mass is 10.0. The van der Waals surface area contributed by atoms with Crippen molar-refractivity contribution in [3.63, 3.8) is 0 Å². The van der Waals surface area contributed by atoms with Crippen LogP contribution < -0.4 is 0 Å². The number of amides is 1. The highest BCUT2D eigenvalue weighted by Crippen LogP contribution is 2.14. The first-order valence-electron chi connectivity index (χ1n) is 6.30. The van der Waals surface area contributed by atoms with Crippen molar-refractivity contribution in [3.05, 3.63) is 34.9 Å². The number of morpholine rings is 1. The molecule has 1 amide bonds. The zero-order valence-corrected chi connectivity index (χ0v) is 11.9. The minimum atomic E-state index is 0.0782. The third-order valence-corrected chi connectivity index (χ3v) is 3.23. The molecule has 2 rings (SSSR count). The lowest BCUT2D eigenvalue weighted by Crippen LogP contribution is -2.40. The van der Waals surface area contributed by atoms with Crippen LogP contribution in [0.3, 0.4) is 0 Å². The molecule has 4 heteroatoms. The maximum atomic E-state index is 12.4. The smallest absolute Gasteiger partial charge is 0.254 e. The SMILES string of the molecule is Cc1cc(C#CCS)ccc1C(=O)N1CCOCC1. The van der Waals surface area contributed by atoms with Crippen LogP contribution >= 0.6 is 12.6 Å². The van der Waals surface area contributed by atoms with Crippen molar-refractivity contribution in [2.75, 3.05) is 32.1 Å². The molecule has 0 aliphatic carbocycles. The van der Waals surface area contributed by atoms with Crippen LogP contribution in [-0.2, 0) is 4.74 Å². The average Bonchev–Trinajstić information content (AvgIpc) is 2.45. The van der Waals surface area contributed by atoms with Gasteiger partial charge in [-0.2, -0.15) is 12.6 Å². The van der Waals surface area contributed by atoms with Gasteiger partial charge in [-0.3, -0.25) is 4.79 Å². The summed E-state index contributed by atoms with van der Waals surface area (Å²) in [4.78, 5) is 14.2. The van der Waals surface area contributed by atoms with E-state index >= 15 is 0 Å². The van der Waals surface area contributed by atoms with E-state index in [1.165, 1.54) is 0 Å². The van der Waals surface area contributed by atoms with Gasteiger partial charge in [0.25, 0.3) is 5.91 Å². The number of carbonyl (C=O) groups is 1. The van der Waals surface area contributed by atoms with Crippen molar-refractivity contribution < 1.29 is 9.53 Å². The van der Waals surface area contributed by atoms with E-state index in [1.807, 2.05) is 30.0 Å². The molecule has 0 aromatic heterocycles. The fourth-order valence-corrected chi connectivity index (χ4v) is 2.14. The second-order valence-corrected chi connectivity index (χ2v) is 4.71.